The molecule has 2 amide bonds. The zero-order valence-electron chi connectivity index (χ0n) is 19.8. The molecular weight excluding hydrogens is 438 g/mol. The summed E-state index contributed by atoms with van der Waals surface area (Å²) in [5.74, 6) is 0.467. The molecule has 0 aromatic heterocycles. The first-order chi connectivity index (χ1) is 15.7. The van der Waals surface area contributed by atoms with Gasteiger partial charge in [0.1, 0.15) is 0 Å². The molecule has 1 aliphatic heterocycles. The van der Waals surface area contributed by atoms with Gasteiger partial charge >= 0.3 is 0 Å². The van der Waals surface area contributed by atoms with E-state index < -0.39 is 10.0 Å². The van der Waals surface area contributed by atoms with E-state index in [9.17, 15) is 18.0 Å². The third-order valence-electron chi connectivity index (χ3n) is 7.65. The van der Waals surface area contributed by atoms with Gasteiger partial charge in [-0.05, 0) is 81.5 Å². The van der Waals surface area contributed by atoms with Gasteiger partial charge in [-0.2, -0.15) is 0 Å². The first-order valence-corrected chi connectivity index (χ1v) is 14.0. The number of carbonyl (C=O) groups is 2. The van der Waals surface area contributed by atoms with E-state index in [1.54, 1.807) is 23.1 Å². The van der Waals surface area contributed by atoms with E-state index in [0.717, 1.165) is 49.8 Å². The van der Waals surface area contributed by atoms with Crippen LogP contribution in [0.3, 0.4) is 0 Å². The number of hydrogen-bond acceptors (Lipinski definition) is 4. The van der Waals surface area contributed by atoms with Crippen molar-refractivity contribution in [3.8, 4) is 0 Å². The van der Waals surface area contributed by atoms with Crippen LogP contribution in [0.4, 0.5) is 5.69 Å². The van der Waals surface area contributed by atoms with Gasteiger partial charge < -0.3 is 10.2 Å². The Hall–Kier alpha value is -1.93. The highest BCUT2D eigenvalue weighted by atomic mass is 32.2. The molecule has 2 fully saturated rings. The van der Waals surface area contributed by atoms with Crippen molar-refractivity contribution in [1.82, 2.24) is 10.0 Å². The van der Waals surface area contributed by atoms with E-state index in [0.29, 0.717) is 19.0 Å². The van der Waals surface area contributed by atoms with Crippen LogP contribution >= 0.6 is 0 Å². The molecule has 1 heterocycles. The molecule has 4 rings (SSSR count). The number of amides is 2. The summed E-state index contributed by atoms with van der Waals surface area (Å²) in [5.41, 5.74) is 1.70. The Balaban J connectivity index is 1.28. The van der Waals surface area contributed by atoms with E-state index in [1.165, 1.54) is 26.2 Å². The quantitative estimate of drug-likeness (QED) is 0.658. The average molecular weight is 476 g/mol. The van der Waals surface area contributed by atoms with E-state index in [4.69, 9.17) is 0 Å². The lowest BCUT2D eigenvalue weighted by atomic mass is 9.81. The SMILES string of the molecule is CC(=O)N1c2ccc(S(=O)(=O)NCC3CCC(C(=O)NC4CCCCC4)CC3)cc2CC1C. The van der Waals surface area contributed by atoms with Crippen molar-refractivity contribution < 1.29 is 18.0 Å². The Bertz CT molecular complexity index is 979. The minimum absolute atomic E-state index is 0.0296. The number of fused-ring (bicyclic) bond motifs is 1. The fourth-order valence-corrected chi connectivity index (χ4v) is 6.93. The molecule has 1 unspecified atom stereocenters. The van der Waals surface area contributed by atoms with E-state index in [2.05, 4.69) is 10.0 Å². The van der Waals surface area contributed by atoms with Gasteiger partial charge in [0.15, 0.2) is 0 Å². The topological polar surface area (TPSA) is 95.6 Å². The van der Waals surface area contributed by atoms with Crippen molar-refractivity contribution in [3.63, 3.8) is 0 Å². The summed E-state index contributed by atoms with van der Waals surface area (Å²) in [7, 11) is -3.62. The number of benzene rings is 1. The lowest BCUT2D eigenvalue weighted by Crippen LogP contribution is -2.41. The van der Waals surface area contributed by atoms with Crippen molar-refractivity contribution in [2.24, 2.45) is 11.8 Å². The molecule has 2 aliphatic carbocycles. The molecule has 2 saturated carbocycles. The lowest BCUT2D eigenvalue weighted by Gasteiger charge is -2.30. The van der Waals surface area contributed by atoms with Crippen LogP contribution in [0.25, 0.3) is 0 Å². The molecule has 1 aromatic rings. The number of carbonyl (C=O) groups excluding carboxylic acids is 2. The van der Waals surface area contributed by atoms with Crippen molar-refractivity contribution in [2.45, 2.75) is 95.0 Å². The predicted octanol–water partition coefficient (Wildman–Crippen LogP) is 3.52. The number of rotatable bonds is 6. The van der Waals surface area contributed by atoms with E-state index in [-0.39, 0.29) is 34.6 Å². The van der Waals surface area contributed by atoms with Gasteiger partial charge in [-0.15, -0.1) is 0 Å². The zero-order valence-corrected chi connectivity index (χ0v) is 20.6. The molecule has 0 bridgehead atoms. The van der Waals surface area contributed by atoms with Gasteiger partial charge in [-0.3, -0.25) is 9.59 Å². The molecular formula is C25H37N3O4S. The molecule has 0 saturated heterocycles. The highest BCUT2D eigenvalue weighted by Gasteiger charge is 2.31. The summed E-state index contributed by atoms with van der Waals surface area (Å²) in [5, 5.41) is 3.24. The van der Waals surface area contributed by atoms with Gasteiger partial charge in [0.05, 0.1) is 4.90 Å². The minimum Gasteiger partial charge on any atom is -0.353 e. The normalized spacial score (nSPS) is 26.1. The number of sulfonamides is 1. The van der Waals surface area contributed by atoms with Crippen LogP contribution in [-0.2, 0) is 26.0 Å². The fraction of sp³-hybridized carbons (Fsp3) is 0.680. The molecule has 2 N–H and O–H groups in total. The summed E-state index contributed by atoms with van der Waals surface area (Å²) in [6, 6.07) is 5.40. The van der Waals surface area contributed by atoms with Crippen LogP contribution in [0, 0.1) is 11.8 Å². The van der Waals surface area contributed by atoms with Gasteiger partial charge in [0.25, 0.3) is 0 Å². The molecule has 182 valence electrons. The van der Waals surface area contributed by atoms with Crippen LogP contribution < -0.4 is 14.9 Å². The molecule has 1 aromatic carbocycles. The summed E-state index contributed by atoms with van der Waals surface area (Å²) in [4.78, 5) is 26.5. The standard InChI is InChI=1S/C25H37N3O4S/c1-17-14-21-15-23(12-13-24(21)28(17)18(2)29)33(31,32)26-16-19-8-10-20(11-9-19)25(30)27-22-6-4-3-5-7-22/h12-13,15,17,19-20,22,26H,3-11,14,16H2,1-2H3,(H,27,30). The Labute approximate surface area is 197 Å². The maximum absolute atomic E-state index is 12.9. The minimum atomic E-state index is -3.62. The van der Waals surface area contributed by atoms with Crippen LogP contribution in [0.1, 0.15) is 77.2 Å². The maximum Gasteiger partial charge on any atom is 0.240 e. The number of nitrogens with one attached hydrogen (secondary N) is 2. The van der Waals surface area contributed by atoms with Crippen molar-refractivity contribution in [2.75, 3.05) is 11.4 Å². The Morgan fingerprint density at radius 2 is 1.73 bits per heavy atom. The molecule has 3 aliphatic rings. The summed E-state index contributed by atoms with van der Waals surface area (Å²) >= 11 is 0. The van der Waals surface area contributed by atoms with E-state index in [1.807, 2.05) is 6.92 Å². The van der Waals surface area contributed by atoms with Gasteiger partial charge in [-0.1, -0.05) is 19.3 Å². The second-order valence-electron chi connectivity index (χ2n) is 10.1. The smallest absolute Gasteiger partial charge is 0.240 e. The first-order valence-electron chi connectivity index (χ1n) is 12.5. The maximum atomic E-state index is 12.9. The van der Waals surface area contributed by atoms with Crippen LogP contribution in [-0.4, -0.2) is 38.9 Å². The monoisotopic (exact) mass is 475 g/mol. The number of anilines is 1. The number of hydrogen-bond donors (Lipinski definition) is 2. The van der Waals surface area contributed by atoms with Gasteiger partial charge in [-0.25, -0.2) is 13.1 Å². The molecule has 33 heavy (non-hydrogen) atoms. The Kier molecular flexibility index (Phi) is 7.43. The molecule has 7 nitrogen and oxygen atoms in total. The van der Waals surface area contributed by atoms with Crippen molar-refractivity contribution in [1.29, 1.82) is 0 Å². The Morgan fingerprint density at radius 3 is 2.39 bits per heavy atom. The second kappa shape index (κ2) is 10.1. The third-order valence-corrected chi connectivity index (χ3v) is 9.07. The highest BCUT2D eigenvalue weighted by Crippen LogP contribution is 2.34. The van der Waals surface area contributed by atoms with E-state index >= 15 is 0 Å². The third kappa shape index (κ3) is 5.60. The average Bonchev–Trinajstić information content (AvgIpc) is 3.14. The predicted molar refractivity (Wildman–Crippen MR) is 128 cm³/mol. The van der Waals surface area contributed by atoms with Crippen molar-refractivity contribution >= 4 is 27.5 Å². The summed E-state index contributed by atoms with van der Waals surface area (Å²) < 4.78 is 28.6. The summed E-state index contributed by atoms with van der Waals surface area (Å²) in [6.07, 6.45) is 9.90. The number of nitrogens with zero attached hydrogens (tertiary/aromatic N) is 1. The van der Waals surface area contributed by atoms with Crippen LogP contribution in [0.2, 0.25) is 0 Å². The zero-order chi connectivity index (χ0) is 23.6. The fourth-order valence-electron chi connectivity index (χ4n) is 5.76. The molecule has 1 atom stereocenters. The molecule has 0 spiro atoms. The van der Waals surface area contributed by atoms with Gasteiger partial charge in [0, 0.05) is 37.2 Å². The van der Waals surface area contributed by atoms with Crippen molar-refractivity contribution in [3.05, 3.63) is 23.8 Å². The van der Waals surface area contributed by atoms with Crippen LogP contribution in [0.5, 0.6) is 0 Å². The van der Waals surface area contributed by atoms with Gasteiger partial charge in [0.2, 0.25) is 21.8 Å². The summed E-state index contributed by atoms with van der Waals surface area (Å²) in [6.45, 7) is 3.90. The highest BCUT2D eigenvalue weighted by molar-refractivity contribution is 7.89. The largest absolute Gasteiger partial charge is 0.353 e. The lowest BCUT2D eigenvalue weighted by molar-refractivity contribution is -0.127. The first kappa shape index (κ1) is 24.2. The second-order valence-corrected chi connectivity index (χ2v) is 11.9. The Morgan fingerprint density at radius 1 is 1.03 bits per heavy atom. The van der Waals surface area contributed by atoms with Crippen LogP contribution in [0.15, 0.2) is 23.1 Å². The molecule has 0 radical (unpaired) electrons. The molecule has 8 heteroatoms.